The molecule has 3 N–H and O–H groups in total. The Hall–Kier alpha value is -0.920. The number of hydrogen-bond donors (Lipinski definition) is 2. The molecule has 4 nitrogen and oxygen atoms in total. The largest absolute Gasteiger partial charge is 0.326 e. The van der Waals surface area contributed by atoms with E-state index < -0.39 is 10.0 Å². The molecule has 0 unspecified atom stereocenters. The topological polar surface area (TPSA) is 72.2 Å². The Labute approximate surface area is 134 Å². The Morgan fingerprint density at radius 3 is 2.52 bits per heavy atom. The van der Waals surface area contributed by atoms with Crippen LogP contribution in [0.1, 0.15) is 22.3 Å². The van der Waals surface area contributed by atoms with Crippen LogP contribution in [-0.2, 0) is 23.1 Å². The van der Waals surface area contributed by atoms with E-state index in [1.54, 1.807) is 24.3 Å². The fourth-order valence-corrected chi connectivity index (χ4v) is 4.50. The second kappa shape index (κ2) is 6.46. The van der Waals surface area contributed by atoms with E-state index in [4.69, 9.17) is 17.3 Å². The van der Waals surface area contributed by atoms with Crippen molar-refractivity contribution < 1.29 is 8.42 Å². The van der Waals surface area contributed by atoms with Crippen LogP contribution in [-0.4, -0.2) is 8.42 Å². The predicted octanol–water partition coefficient (Wildman–Crippen LogP) is 2.96. The van der Waals surface area contributed by atoms with Crippen LogP contribution in [0.3, 0.4) is 0 Å². The van der Waals surface area contributed by atoms with E-state index in [1.807, 2.05) is 17.7 Å². The number of rotatable bonds is 5. The first-order valence-electron chi connectivity index (χ1n) is 6.35. The first kappa shape index (κ1) is 16.5. The number of benzene rings is 1. The molecule has 0 fully saturated rings. The molecule has 1 heterocycles. The maximum Gasteiger partial charge on any atom is 0.241 e. The molecule has 0 aliphatic carbocycles. The highest BCUT2D eigenvalue weighted by Crippen LogP contribution is 2.24. The van der Waals surface area contributed by atoms with Gasteiger partial charge in [-0.05, 0) is 59.0 Å². The van der Waals surface area contributed by atoms with Gasteiger partial charge < -0.3 is 5.73 Å². The van der Waals surface area contributed by atoms with E-state index in [1.165, 1.54) is 6.07 Å². The van der Waals surface area contributed by atoms with Crippen LogP contribution in [0, 0.1) is 13.8 Å². The minimum atomic E-state index is -3.62. The molecular formula is C14H17ClN2O2S2. The van der Waals surface area contributed by atoms with Crippen LogP contribution in [0.5, 0.6) is 0 Å². The van der Waals surface area contributed by atoms with Gasteiger partial charge >= 0.3 is 0 Å². The summed E-state index contributed by atoms with van der Waals surface area (Å²) in [5, 5.41) is 4.29. The zero-order chi connectivity index (χ0) is 15.6. The predicted molar refractivity (Wildman–Crippen MR) is 87.2 cm³/mol. The fraction of sp³-hybridized carbons (Fsp3) is 0.286. The van der Waals surface area contributed by atoms with E-state index in [9.17, 15) is 8.42 Å². The molecule has 0 aliphatic heterocycles. The van der Waals surface area contributed by atoms with Gasteiger partial charge in [-0.15, -0.1) is 0 Å². The third-order valence-electron chi connectivity index (χ3n) is 3.36. The van der Waals surface area contributed by atoms with Crippen LogP contribution in [0.15, 0.2) is 27.8 Å². The van der Waals surface area contributed by atoms with E-state index in [-0.39, 0.29) is 18.0 Å². The van der Waals surface area contributed by atoms with Crippen LogP contribution in [0.25, 0.3) is 0 Å². The highest BCUT2D eigenvalue weighted by atomic mass is 35.5. The fourth-order valence-electron chi connectivity index (χ4n) is 2.02. The Morgan fingerprint density at radius 2 is 1.95 bits per heavy atom. The normalized spacial score (nSPS) is 11.8. The zero-order valence-corrected chi connectivity index (χ0v) is 14.2. The molecule has 0 atom stereocenters. The molecule has 114 valence electrons. The Balaban J connectivity index is 2.32. The molecular weight excluding hydrogens is 328 g/mol. The van der Waals surface area contributed by atoms with Gasteiger partial charge in [0, 0.05) is 18.1 Å². The van der Waals surface area contributed by atoms with Crippen LogP contribution >= 0.6 is 22.9 Å². The summed E-state index contributed by atoms with van der Waals surface area (Å²) in [7, 11) is -3.62. The molecule has 0 saturated heterocycles. The van der Waals surface area contributed by atoms with E-state index >= 15 is 0 Å². The highest BCUT2D eigenvalue weighted by Gasteiger charge is 2.19. The monoisotopic (exact) mass is 344 g/mol. The van der Waals surface area contributed by atoms with Gasteiger partial charge in [-0.25, -0.2) is 13.1 Å². The van der Waals surface area contributed by atoms with Gasteiger partial charge in [-0.1, -0.05) is 11.6 Å². The number of nitrogens with two attached hydrogens (primary N) is 1. The number of nitrogens with one attached hydrogen (secondary N) is 1. The average Bonchev–Trinajstić information content (AvgIpc) is 2.84. The molecule has 0 amide bonds. The van der Waals surface area contributed by atoms with Gasteiger partial charge in [-0.3, -0.25) is 0 Å². The summed E-state index contributed by atoms with van der Waals surface area (Å²) in [5.74, 6) is 0. The van der Waals surface area contributed by atoms with Crippen LogP contribution in [0.4, 0.5) is 0 Å². The van der Waals surface area contributed by atoms with Crippen molar-refractivity contribution in [1.29, 1.82) is 0 Å². The van der Waals surface area contributed by atoms with Crippen molar-refractivity contribution in [2.45, 2.75) is 31.8 Å². The maximum atomic E-state index is 12.5. The maximum absolute atomic E-state index is 12.5. The average molecular weight is 345 g/mol. The van der Waals surface area contributed by atoms with Gasteiger partial charge in [0.15, 0.2) is 0 Å². The molecule has 1 aromatic heterocycles. The third-order valence-corrected chi connectivity index (χ3v) is 6.01. The standard InChI is InChI=1S/C14H17ClN2O2S2/c1-9-7-20-8-12(9)6-17-21(18,19)14-4-13(15)3-11(5-16)10(14)2/h3-4,7-8,17H,5-6,16H2,1-2H3. The summed E-state index contributed by atoms with van der Waals surface area (Å²) in [5.41, 5.74) is 9.05. The Kier molecular flexibility index (Phi) is 5.06. The molecule has 0 bridgehead atoms. The lowest BCUT2D eigenvalue weighted by molar-refractivity contribution is 0.580. The SMILES string of the molecule is Cc1cscc1CNS(=O)(=O)c1cc(Cl)cc(CN)c1C. The molecule has 21 heavy (non-hydrogen) atoms. The van der Waals surface area contributed by atoms with Crippen molar-refractivity contribution in [3.63, 3.8) is 0 Å². The summed E-state index contributed by atoms with van der Waals surface area (Å²) in [6, 6.07) is 3.15. The smallest absolute Gasteiger partial charge is 0.241 e. The van der Waals surface area contributed by atoms with Crippen molar-refractivity contribution >= 4 is 33.0 Å². The minimum Gasteiger partial charge on any atom is -0.326 e. The van der Waals surface area contributed by atoms with Crippen molar-refractivity contribution in [1.82, 2.24) is 4.72 Å². The Bertz CT molecular complexity index is 754. The third kappa shape index (κ3) is 3.64. The lowest BCUT2D eigenvalue weighted by Gasteiger charge is -2.13. The van der Waals surface area contributed by atoms with Crippen molar-refractivity contribution in [2.24, 2.45) is 5.73 Å². The summed E-state index contributed by atoms with van der Waals surface area (Å²) in [6.07, 6.45) is 0. The molecule has 1 aromatic carbocycles. The van der Waals surface area contributed by atoms with Gasteiger partial charge in [0.2, 0.25) is 10.0 Å². The van der Waals surface area contributed by atoms with Crippen LogP contribution < -0.4 is 10.5 Å². The number of sulfonamides is 1. The summed E-state index contributed by atoms with van der Waals surface area (Å²) >= 11 is 7.54. The summed E-state index contributed by atoms with van der Waals surface area (Å²) < 4.78 is 27.6. The molecule has 0 saturated carbocycles. The lowest BCUT2D eigenvalue weighted by Crippen LogP contribution is -2.24. The molecule has 2 aromatic rings. The minimum absolute atomic E-state index is 0.184. The van der Waals surface area contributed by atoms with Crippen molar-refractivity contribution in [3.8, 4) is 0 Å². The Morgan fingerprint density at radius 1 is 1.24 bits per heavy atom. The van der Waals surface area contributed by atoms with Gasteiger partial charge in [0.1, 0.15) is 0 Å². The molecule has 2 rings (SSSR count). The van der Waals surface area contributed by atoms with Crippen molar-refractivity contribution in [2.75, 3.05) is 0 Å². The van der Waals surface area contributed by atoms with E-state index in [0.29, 0.717) is 10.6 Å². The number of hydrogen-bond acceptors (Lipinski definition) is 4. The molecule has 0 spiro atoms. The zero-order valence-electron chi connectivity index (χ0n) is 11.8. The molecule has 7 heteroatoms. The highest BCUT2D eigenvalue weighted by molar-refractivity contribution is 7.89. The van der Waals surface area contributed by atoms with E-state index in [2.05, 4.69) is 4.72 Å². The number of thiophene rings is 1. The second-order valence-electron chi connectivity index (χ2n) is 4.80. The van der Waals surface area contributed by atoms with Gasteiger partial charge in [-0.2, -0.15) is 11.3 Å². The quantitative estimate of drug-likeness (QED) is 0.875. The van der Waals surface area contributed by atoms with E-state index in [0.717, 1.165) is 16.7 Å². The number of aryl methyl sites for hydroxylation is 1. The molecule has 0 aliphatic rings. The number of halogens is 1. The summed E-state index contributed by atoms with van der Waals surface area (Å²) in [6.45, 7) is 4.21. The van der Waals surface area contributed by atoms with Crippen LogP contribution in [0.2, 0.25) is 5.02 Å². The molecule has 0 radical (unpaired) electrons. The lowest BCUT2D eigenvalue weighted by atomic mass is 10.1. The van der Waals surface area contributed by atoms with Gasteiger partial charge in [0.05, 0.1) is 4.90 Å². The first-order chi connectivity index (χ1) is 9.85. The first-order valence-corrected chi connectivity index (χ1v) is 9.16. The van der Waals surface area contributed by atoms with Crippen molar-refractivity contribution in [3.05, 3.63) is 50.2 Å². The second-order valence-corrected chi connectivity index (χ2v) is 7.71. The summed E-state index contributed by atoms with van der Waals surface area (Å²) in [4.78, 5) is 0.184. The van der Waals surface area contributed by atoms with Gasteiger partial charge in [0.25, 0.3) is 0 Å².